The number of hydrogen-bond donors (Lipinski definition) is 2. The molecule has 0 amide bonds. The van der Waals surface area contributed by atoms with Gasteiger partial charge >= 0.3 is 0 Å². The van der Waals surface area contributed by atoms with Crippen LogP contribution in [0.15, 0.2) is 42.5 Å². The first-order valence-electron chi connectivity index (χ1n) is 5.75. The number of halogens is 2. The molecular weight excluding hydrogens is 301 g/mol. The third kappa shape index (κ3) is 3.39. The van der Waals surface area contributed by atoms with E-state index in [1.807, 2.05) is 30.3 Å². The van der Waals surface area contributed by atoms with Crippen LogP contribution in [-0.4, -0.2) is 4.92 Å². The van der Waals surface area contributed by atoms with Gasteiger partial charge in [0, 0.05) is 28.9 Å². The molecule has 104 valence electrons. The van der Waals surface area contributed by atoms with Gasteiger partial charge in [-0.3, -0.25) is 10.1 Å². The molecule has 0 aliphatic heterocycles. The number of nitrogens with one attached hydrogen (secondary N) is 2. The van der Waals surface area contributed by atoms with Gasteiger partial charge in [-0.25, -0.2) is 5.43 Å². The molecule has 0 saturated carbocycles. The van der Waals surface area contributed by atoms with Crippen molar-refractivity contribution in [2.24, 2.45) is 0 Å². The second-order valence-corrected chi connectivity index (χ2v) is 4.75. The van der Waals surface area contributed by atoms with Gasteiger partial charge in [-0.2, -0.15) is 0 Å². The topological polar surface area (TPSA) is 67.2 Å². The highest BCUT2D eigenvalue weighted by molar-refractivity contribution is 6.37. The highest BCUT2D eigenvalue weighted by Gasteiger charge is 2.18. The zero-order chi connectivity index (χ0) is 14.5. The lowest BCUT2D eigenvalue weighted by molar-refractivity contribution is -0.384. The van der Waals surface area contributed by atoms with Crippen molar-refractivity contribution in [1.82, 2.24) is 5.43 Å². The lowest BCUT2D eigenvalue weighted by Crippen LogP contribution is -2.21. The number of benzene rings is 2. The molecule has 2 aromatic carbocycles. The van der Waals surface area contributed by atoms with E-state index in [0.717, 1.165) is 5.69 Å². The Morgan fingerprint density at radius 2 is 1.80 bits per heavy atom. The summed E-state index contributed by atoms with van der Waals surface area (Å²) in [5.74, 6) is 0. The molecule has 2 aromatic rings. The minimum atomic E-state index is -0.535. The summed E-state index contributed by atoms with van der Waals surface area (Å²) in [5, 5.41) is 11.2. The summed E-state index contributed by atoms with van der Waals surface area (Å²) in [7, 11) is 0. The predicted octanol–water partition coefficient (Wildman–Crippen LogP) is 4.02. The standard InChI is InChI=1S/C13H11Cl2N3O2/c14-11-6-7-12(18(19)20)13(15)10(11)8-16-17-9-4-2-1-3-5-9/h1-7,16-17H,8H2. The lowest BCUT2D eigenvalue weighted by Gasteiger charge is -2.11. The van der Waals surface area contributed by atoms with Crippen molar-refractivity contribution < 1.29 is 4.92 Å². The summed E-state index contributed by atoms with van der Waals surface area (Å²) in [6.07, 6.45) is 0. The fourth-order valence-electron chi connectivity index (χ4n) is 1.64. The fraction of sp³-hybridized carbons (Fsp3) is 0.0769. The number of nitro benzene ring substituents is 1. The van der Waals surface area contributed by atoms with Gasteiger partial charge < -0.3 is 5.43 Å². The number of nitrogens with zero attached hydrogens (tertiary/aromatic N) is 1. The molecule has 0 saturated heterocycles. The summed E-state index contributed by atoms with van der Waals surface area (Å²) in [6, 6.07) is 12.2. The van der Waals surface area contributed by atoms with Crippen LogP contribution in [0.2, 0.25) is 10.0 Å². The van der Waals surface area contributed by atoms with E-state index in [2.05, 4.69) is 10.9 Å². The molecule has 7 heteroatoms. The van der Waals surface area contributed by atoms with Crippen LogP contribution in [0.5, 0.6) is 0 Å². The van der Waals surface area contributed by atoms with Crippen molar-refractivity contribution in [3.63, 3.8) is 0 Å². The van der Waals surface area contributed by atoms with Crippen LogP contribution < -0.4 is 10.9 Å². The van der Waals surface area contributed by atoms with Gasteiger partial charge in [0.25, 0.3) is 5.69 Å². The molecule has 2 rings (SSSR count). The Hall–Kier alpha value is -1.82. The Labute approximate surface area is 125 Å². The van der Waals surface area contributed by atoms with E-state index in [9.17, 15) is 10.1 Å². The SMILES string of the molecule is O=[N+]([O-])c1ccc(Cl)c(CNNc2ccccc2)c1Cl. The first kappa shape index (κ1) is 14.6. The maximum absolute atomic E-state index is 10.8. The highest BCUT2D eigenvalue weighted by Crippen LogP contribution is 2.32. The summed E-state index contributed by atoms with van der Waals surface area (Å²) in [6.45, 7) is 0.258. The normalized spacial score (nSPS) is 10.3. The van der Waals surface area contributed by atoms with Crippen molar-refractivity contribution >= 4 is 34.6 Å². The number of nitro groups is 1. The Bertz CT molecular complexity index is 621. The second-order valence-electron chi connectivity index (χ2n) is 3.96. The van der Waals surface area contributed by atoms with E-state index in [0.29, 0.717) is 10.6 Å². The minimum absolute atomic E-state index is 0.0462. The average Bonchev–Trinajstić information content (AvgIpc) is 2.43. The van der Waals surface area contributed by atoms with Crippen LogP contribution in [0.3, 0.4) is 0 Å². The van der Waals surface area contributed by atoms with Gasteiger partial charge in [-0.05, 0) is 18.2 Å². The molecule has 5 nitrogen and oxygen atoms in total. The number of hydrogen-bond acceptors (Lipinski definition) is 4. The van der Waals surface area contributed by atoms with Crippen LogP contribution in [-0.2, 0) is 6.54 Å². The second kappa shape index (κ2) is 6.56. The van der Waals surface area contributed by atoms with E-state index in [1.54, 1.807) is 0 Å². The first-order valence-corrected chi connectivity index (χ1v) is 6.50. The Morgan fingerprint density at radius 3 is 2.45 bits per heavy atom. The quantitative estimate of drug-likeness (QED) is 0.646. The van der Waals surface area contributed by atoms with E-state index < -0.39 is 4.92 Å². The summed E-state index contributed by atoms with van der Waals surface area (Å²) >= 11 is 12.0. The number of rotatable bonds is 5. The molecular formula is C13H11Cl2N3O2. The van der Waals surface area contributed by atoms with Crippen molar-refractivity contribution in [2.45, 2.75) is 6.54 Å². The summed E-state index contributed by atoms with van der Waals surface area (Å²) < 4.78 is 0. The van der Waals surface area contributed by atoms with Gasteiger partial charge in [0.15, 0.2) is 0 Å². The van der Waals surface area contributed by atoms with Crippen LogP contribution >= 0.6 is 23.2 Å². The van der Waals surface area contributed by atoms with E-state index >= 15 is 0 Å². The maximum atomic E-state index is 10.8. The van der Waals surface area contributed by atoms with Crippen LogP contribution in [0.4, 0.5) is 11.4 Å². The molecule has 0 fully saturated rings. The zero-order valence-electron chi connectivity index (χ0n) is 10.3. The summed E-state index contributed by atoms with van der Waals surface area (Å²) in [5.41, 5.74) is 7.07. The molecule has 0 aliphatic rings. The Morgan fingerprint density at radius 1 is 1.10 bits per heavy atom. The number of para-hydroxylation sites is 1. The molecule has 0 atom stereocenters. The molecule has 0 spiro atoms. The molecule has 0 radical (unpaired) electrons. The largest absolute Gasteiger partial charge is 0.321 e. The Balaban J connectivity index is 2.09. The van der Waals surface area contributed by atoms with Crippen molar-refractivity contribution in [1.29, 1.82) is 0 Å². The Kier molecular flexibility index (Phi) is 4.79. The van der Waals surface area contributed by atoms with Crippen LogP contribution in [0.25, 0.3) is 0 Å². The molecule has 0 bridgehead atoms. The molecule has 0 unspecified atom stereocenters. The maximum Gasteiger partial charge on any atom is 0.288 e. The van der Waals surface area contributed by atoms with Gasteiger partial charge in [0.05, 0.1) is 4.92 Å². The van der Waals surface area contributed by atoms with E-state index in [4.69, 9.17) is 23.2 Å². The van der Waals surface area contributed by atoms with Gasteiger partial charge in [0.1, 0.15) is 5.02 Å². The third-order valence-electron chi connectivity index (χ3n) is 2.63. The number of hydrazine groups is 1. The first-order chi connectivity index (χ1) is 9.59. The van der Waals surface area contributed by atoms with Gasteiger partial charge in [-0.1, -0.05) is 41.4 Å². The van der Waals surface area contributed by atoms with Crippen LogP contribution in [0.1, 0.15) is 5.56 Å². The molecule has 2 N–H and O–H groups in total. The van der Waals surface area contributed by atoms with E-state index in [1.165, 1.54) is 12.1 Å². The average molecular weight is 312 g/mol. The molecule has 0 heterocycles. The minimum Gasteiger partial charge on any atom is -0.321 e. The van der Waals surface area contributed by atoms with Crippen molar-refractivity contribution in [3.05, 3.63) is 68.2 Å². The summed E-state index contributed by atoms with van der Waals surface area (Å²) in [4.78, 5) is 10.3. The van der Waals surface area contributed by atoms with Crippen molar-refractivity contribution in [2.75, 3.05) is 5.43 Å². The van der Waals surface area contributed by atoms with Crippen LogP contribution in [0, 0.1) is 10.1 Å². The molecule has 0 aromatic heterocycles. The predicted molar refractivity (Wildman–Crippen MR) is 80.0 cm³/mol. The zero-order valence-corrected chi connectivity index (χ0v) is 11.8. The third-order valence-corrected chi connectivity index (χ3v) is 3.41. The van der Waals surface area contributed by atoms with E-state index in [-0.39, 0.29) is 17.3 Å². The molecule has 20 heavy (non-hydrogen) atoms. The number of anilines is 1. The lowest BCUT2D eigenvalue weighted by atomic mass is 10.2. The van der Waals surface area contributed by atoms with Gasteiger partial charge in [-0.15, -0.1) is 0 Å². The smallest absolute Gasteiger partial charge is 0.288 e. The van der Waals surface area contributed by atoms with Crippen molar-refractivity contribution in [3.8, 4) is 0 Å². The highest BCUT2D eigenvalue weighted by atomic mass is 35.5. The van der Waals surface area contributed by atoms with Gasteiger partial charge in [0.2, 0.25) is 0 Å². The molecule has 0 aliphatic carbocycles. The monoisotopic (exact) mass is 311 g/mol. The fourth-order valence-corrected chi connectivity index (χ4v) is 2.22.